The van der Waals surface area contributed by atoms with E-state index in [0.29, 0.717) is 30.1 Å². The van der Waals surface area contributed by atoms with E-state index in [1.807, 2.05) is 18.5 Å². The molecule has 2 aromatic rings. The van der Waals surface area contributed by atoms with Crippen molar-refractivity contribution < 1.29 is 4.79 Å². The smallest absolute Gasteiger partial charge is 0.133 e. The third-order valence-corrected chi connectivity index (χ3v) is 4.79. The van der Waals surface area contributed by atoms with Gasteiger partial charge in [-0.1, -0.05) is 13.8 Å². The number of aromatic nitrogens is 2. The highest BCUT2D eigenvalue weighted by atomic mass is 16.1. The number of benzene rings is 1. The molecule has 1 atom stereocenters. The van der Waals surface area contributed by atoms with Crippen molar-refractivity contribution in [2.24, 2.45) is 11.3 Å². The molecule has 1 saturated carbocycles. The van der Waals surface area contributed by atoms with Crippen LogP contribution >= 0.6 is 0 Å². The van der Waals surface area contributed by atoms with Gasteiger partial charge in [-0.25, -0.2) is 4.98 Å². The molecule has 0 radical (unpaired) electrons. The molecule has 4 nitrogen and oxygen atoms in total. The maximum absolute atomic E-state index is 11.8. The molecule has 1 heterocycles. The minimum absolute atomic E-state index is 0.164. The molecule has 4 heteroatoms. The molecule has 108 valence electrons. The van der Waals surface area contributed by atoms with E-state index in [1.54, 1.807) is 6.07 Å². The van der Waals surface area contributed by atoms with Gasteiger partial charge < -0.3 is 4.57 Å². The van der Waals surface area contributed by atoms with Crippen LogP contribution in [-0.2, 0) is 11.3 Å². The summed E-state index contributed by atoms with van der Waals surface area (Å²) in [6.07, 6.45) is 4.12. The highest BCUT2D eigenvalue weighted by molar-refractivity contribution is 5.80. The highest BCUT2D eigenvalue weighted by Crippen LogP contribution is 2.40. The zero-order valence-corrected chi connectivity index (χ0v) is 12.5. The van der Waals surface area contributed by atoms with Gasteiger partial charge in [-0.2, -0.15) is 5.26 Å². The minimum atomic E-state index is 0.164. The van der Waals surface area contributed by atoms with Crippen molar-refractivity contribution in [1.82, 2.24) is 9.55 Å². The Morgan fingerprint density at radius 2 is 2.29 bits per heavy atom. The molecular weight excluding hydrogens is 262 g/mol. The lowest BCUT2D eigenvalue weighted by atomic mass is 9.68. The zero-order valence-electron chi connectivity index (χ0n) is 12.5. The fourth-order valence-corrected chi connectivity index (χ4v) is 3.14. The lowest BCUT2D eigenvalue weighted by Gasteiger charge is -2.38. The van der Waals surface area contributed by atoms with Crippen LogP contribution in [0.5, 0.6) is 0 Å². The number of ketones is 1. The van der Waals surface area contributed by atoms with Gasteiger partial charge >= 0.3 is 0 Å². The van der Waals surface area contributed by atoms with Crippen LogP contribution in [0.15, 0.2) is 24.5 Å². The van der Waals surface area contributed by atoms with E-state index >= 15 is 0 Å². The third-order valence-electron chi connectivity index (χ3n) is 4.79. The van der Waals surface area contributed by atoms with E-state index < -0.39 is 0 Å². The number of hydrogen-bond acceptors (Lipinski definition) is 3. The van der Waals surface area contributed by atoms with Crippen molar-refractivity contribution in [2.45, 2.75) is 39.7 Å². The van der Waals surface area contributed by atoms with E-state index in [-0.39, 0.29) is 5.41 Å². The van der Waals surface area contributed by atoms with Gasteiger partial charge in [0, 0.05) is 19.4 Å². The number of imidazole rings is 1. The second-order valence-electron chi connectivity index (χ2n) is 6.64. The number of carbonyl (C=O) groups is 1. The summed E-state index contributed by atoms with van der Waals surface area (Å²) in [6, 6.07) is 7.70. The number of nitriles is 1. The fourth-order valence-electron chi connectivity index (χ4n) is 3.14. The summed E-state index contributed by atoms with van der Waals surface area (Å²) in [5, 5.41) is 9.04. The molecule has 1 aromatic heterocycles. The van der Waals surface area contributed by atoms with Gasteiger partial charge in [0.1, 0.15) is 5.78 Å². The summed E-state index contributed by atoms with van der Waals surface area (Å²) in [4.78, 5) is 16.2. The predicted octanol–water partition coefficient (Wildman–Crippen LogP) is 3.30. The van der Waals surface area contributed by atoms with Gasteiger partial charge in [-0.3, -0.25) is 4.79 Å². The topological polar surface area (TPSA) is 58.7 Å². The fraction of sp³-hybridized carbons (Fsp3) is 0.471. The quantitative estimate of drug-likeness (QED) is 0.848. The average molecular weight is 281 g/mol. The van der Waals surface area contributed by atoms with Gasteiger partial charge in [0.05, 0.1) is 29.0 Å². The Labute approximate surface area is 124 Å². The van der Waals surface area contributed by atoms with Crippen LogP contribution in [0, 0.1) is 22.7 Å². The number of nitrogens with zero attached hydrogens (tertiary/aromatic N) is 3. The second kappa shape index (κ2) is 5.00. The van der Waals surface area contributed by atoms with Crippen LogP contribution in [-0.4, -0.2) is 15.3 Å². The molecule has 0 spiro atoms. The maximum atomic E-state index is 11.8. The number of fused-ring (bicyclic) bond motifs is 1. The van der Waals surface area contributed by atoms with Gasteiger partial charge in [0.15, 0.2) is 0 Å². The Morgan fingerprint density at radius 1 is 1.48 bits per heavy atom. The first kappa shape index (κ1) is 13.8. The molecule has 1 fully saturated rings. The lowest BCUT2D eigenvalue weighted by Crippen LogP contribution is -2.34. The van der Waals surface area contributed by atoms with E-state index in [2.05, 4.69) is 29.5 Å². The summed E-state index contributed by atoms with van der Waals surface area (Å²) >= 11 is 0. The summed E-state index contributed by atoms with van der Waals surface area (Å²) < 4.78 is 2.08. The molecule has 0 bridgehead atoms. The normalized spacial score (nSPS) is 21.4. The molecule has 1 aromatic carbocycles. The van der Waals surface area contributed by atoms with Gasteiger partial charge in [0.2, 0.25) is 0 Å². The predicted molar refractivity (Wildman–Crippen MR) is 80.6 cm³/mol. The van der Waals surface area contributed by atoms with Crippen molar-refractivity contribution in [3.05, 3.63) is 30.1 Å². The average Bonchev–Trinajstić information content (AvgIpc) is 2.85. The van der Waals surface area contributed by atoms with Crippen LogP contribution in [0.25, 0.3) is 11.0 Å². The first-order valence-electron chi connectivity index (χ1n) is 7.36. The van der Waals surface area contributed by atoms with Gasteiger partial charge in [-0.05, 0) is 36.0 Å². The largest absolute Gasteiger partial charge is 0.330 e. The first-order valence-corrected chi connectivity index (χ1v) is 7.36. The monoisotopic (exact) mass is 281 g/mol. The second-order valence-corrected chi connectivity index (χ2v) is 6.64. The Hall–Kier alpha value is -2.15. The van der Waals surface area contributed by atoms with Gasteiger partial charge in [-0.15, -0.1) is 0 Å². The van der Waals surface area contributed by atoms with Crippen LogP contribution in [0.2, 0.25) is 0 Å². The van der Waals surface area contributed by atoms with E-state index in [9.17, 15) is 4.79 Å². The number of Topliss-reactive ketones (excluding diaryl/α,β-unsaturated/α-hetero) is 1. The molecular formula is C17H19N3O. The Bertz CT molecular complexity index is 736. The maximum Gasteiger partial charge on any atom is 0.133 e. The minimum Gasteiger partial charge on any atom is -0.330 e. The van der Waals surface area contributed by atoms with Crippen LogP contribution in [0.4, 0.5) is 0 Å². The Balaban J connectivity index is 1.94. The van der Waals surface area contributed by atoms with Crippen molar-refractivity contribution in [3.8, 4) is 6.07 Å². The van der Waals surface area contributed by atoms with Crippen LogP contribution < -0.4 is 0 Å². The van der Waals surface area contributed by atoms with Gasteiger partial charge in [0.25, 0.3) is 0 Å². The summed E-state index contributed by atoms with van der Waals surface area (Å²) in [6.45, 7) is 5.26. The Kier molecular flexibility index (Phi) is 3.29. The van der Waals surface area contributed by atoms with E-state index in [1.165, 1.54) is 0 Å². The molecule has 3 rings (SSSR count). The highest BCUT2D eigenvalue weighted by Gasteiger charge is 2.35. The third kappa shape index (κ3) is 2.56. The van der Waals surface area contributed by atoms with Crippen molar-refractivity contribution >= 4 is 16.8 Å². The molecule has 21 heavy (non-hydrogen) atoms. The lowest BCUT2D eigenvalue weighted by molar-refractivity contribution is -0.124. The van der Waals surface area contributed by atoms with E-state index in [4.69, 9.17) is 5.26 Å². The molecule has 1 aliphatic carbocycles. The number of hydrogen-bond donors (Lipinski definition) is 0. The SMILES string of the molecule is CC1(C)CCC(=O)C[C@H]1Cn1cnc2ccc(C#N)cc21. The summed E-state index contributed by atoms with van der Waals surface area (Å²) in [7, 11) is 0. The van der Waals surface area contributed by atoms with Crippen LogP contribution in [0.1, 0.15) is 38.7 Å². The summed E-state index contributed by atoms with van der Waals surface area (Å²) in [5.74, 6) is 0.684. The van der Waals surface area contributed by atoms with Crippen molar-refractivity contribution in [1.29, 1.82) is 5.26 Å². The summed E-state index contributed by atoms with van der Waals surface area (Å²) in [5.41, 5.74) is 2.68. The Morgan fingerprint density at radius 3 is 3.05 bits per heavy atom. The number of rotatable bonds is 2. The first-order chi connectivity index (χ1) is 9.99. The van der Waals surface area contributed by atoms with Crippen LogP contribution in [0.3, 0.4) is 0 Å². The standard InChI is InChI=1S/C17H19N3O/c1-17(2)6-5-14(21)8-13(17)10-20-11-19-15-4-3-12(9-18)7-16(15)20/h3-4,7,11,13H,5-6,8,10H2,1-2H3/t13-/m0/s1. The van der Waals surface area contributed by atoms with Crippen molar-refractivity contribution in [2.75, 3.05) is 0 Å². The number of carbonyl (C=O) groups excluding carboxylic acids is 1. The molecule has 0 unspecified atom stereocenters. The van der Waals surface area contributed by atoms with E-state index in [0.717, 1.165) is 24.0 Å². The van der Waals surface area contributed by atoms with Crippen molar-refractivity contribution in [3.63, 3.8) is 0 Å². The molecule has 0 amide bonds. The molecule has 1 aliphatic rings. The molecule has 0 N–H and O–H groups in total. The molecule has 0 aliphatic heterocycles. The zero-order chi connectivity index (χ0) is 15.0. The molecule has 0 saturated heterocycles.